The predicted molar refractivity (Wildman–Crippen MR) is 61.5 cm³/mol. The molecular weight excluding hydrogens is 225 g/mol. The highest BCUT2D eigenvalue weighted by Gasteiger charge is 2.04. The largest absolute Gasteiger partial charge is 0.491 e. The summed E-state index contributed by atoms with van der Waals surface area (Å²) in [7, 11) is 0. The lowest BCUT2D eigenvalue weighted by Crippen LogP contribution is -2.17. The molecule has 0 saturated carbocycles. The first-order valence-corrected chi connectivity index (χ1v) is 5.47. The molecule has 0 atom stereocenters. The van der Waals surface area contributed by atoms with Gasteiger partial charge in [0.15, 0.2) is 11.6 Å². The van der Waals surface area contributed by atoms with E-state index in [1.54, 1.807) is 19.1 Å². The first kappa shape index (κ1) is 13.4. The van der Waals surface area contributed by atoms with E-state index >= 15 is 0 Å². The molecule has 0 aliphatic rings. The van der Waals surface area contributed by atoms with Crippen LogP contribution in [-0.4, -0.2) is 24.2 Å². The first-order chi connectivity index (χ1) is 8.13. The zero-order chi connectivity index (χ0) is 12.7. The Balaban J connectivity index is 2.44. The standard InChI is InChI=1S/C12H16FNO3/c1-2-17-11-4-3-9(7-10(11)13)8-14-6-5-12(15)16/h3-4,7,14H,2,5-6,8H2,1H3,(H,15,16). The molecule has 1 aromatic carbocycles. The molecule has 0 bridgehead atoms. The molecule has 0 spiro atoms. The van der Waals surface area contributed by atoms with Gasteiger partial charge in [-0.2, -0.15) is 0 Å². The van der Waals surface area contributed by atoms with Crippen molar-refractivity contribution in [1.29, 1.82) is 0 Å². The van der Waals surface area contributed by atoms with Gasteiger partial charge in [-0.1, -0.05) is 6.07 Å². The van der Waals surface area contributed by atoms with E-state index in [2.05, 4.69) is 5.32 Å². The van der Waals surface area contributed by atoms with E-state index in [-0.39, 0.29) is 12.2 Å². The molecule has 0 aliphatic heterocycles. The Bertz CT molecular complexity index is 382. The number of halogens is 1. The summed E-state index contributed by atoms with van der Waals surface area (Å²) in [5.74, 6) is -1.01. The smallest absolute Gasteiger partial charge is 0.304 e. The summed E-state index contributed by atoms with van der Waals surface area (Å²) < 4.78 is 18.5. The Hall–Kier alpha value is -1.62. The van der Waals surface area contributed by atoms with Gasteiger partial charge >= 0.3 is 5.97 Å². The second kappa shape index (κ2) is 6.85. The van der Waals surface area contributed by atoms with Crippen LogP contribution in [0.25, 0.3) is 0 Å². The number of carboxylic acids is 1. The highest BCUT2D eigenvalue weighted by atomic mass is 19.1. The Morgan fingerprint density at radius 3 is 2.88 bits per heavy atom. The van der Waals surface area contributed by atoms with E-state index in [0.717, 1.165) is 5.56 Å². The van der Waals surface area contributed by atoms with E-state index in [1.807, 2.05) is 0 Å². The summed E-state index contributed by atoms with van der Waals surface area (Å²) in [5, 5.41) is 11.4. The number of carboxylic acid groups (broad SMARTS) is 1. The molecule has 0 aromatic heterocycles. The van der Waals surface area contributed by atoms with Gasteiger partial charge in [0.05, 0.1) is 13.0 Å². The van der Waals surface area contributed by atoms with Crippen molar-refractivity contribution in [1.82, 2.24) is 5.32 Å². The van der Waals surface area contributed by atoms with Gasteiger partial charge in [0.1, 0.15) is 0 Å². The van der Waals surface area contributed by atoms with Crippen LogP contribution in [-0.2, 0) is 11.3 Å². The normalized spacial score (nSPS) is 10.2. The van der Waals surface area contributed by atoms with Gasteiger partial charge in [-0.25, -0.2) is 4.39 Å². The SMILES string of the molecule is CCOc1ccc(CNCCC(=O)O)cc1F. The molecule has 0 amide bonds. The van der Waals surface area contributed by atoms with Crippen molar-refractivity contribution in [2.75, 3.05) is 13.2 Å². The van der Waals surface area contributed by atoms with Crippen molar-refractivity contribution in [2.24, 2.45) is 0 Å². The van der Waals surface area contributed by atoms with E-state index in [9.17, 15) is 9.18 Å². The topological polar surface area (TPSA) is 58.6 Å². The highest BCUT2D eigenvalue weighted by molar-refractivity contribution is 5.66. The van der Waals surface area contributed by atoms with Crippen molar-refractivity contribution >= 4 is 5.97 Å². The number of hydrogen-bond acceptors (Lipinski definition) is 3. The third-order valence-corrected chi connectivity index (χ3v) is 2.14. The minimum absolute atomic E-state index is 0.0551. The van der Waals surface area contributed by atoms with Gasteiger partial charge in [-0.3, -0.25) is 4.79 Å². The molecule has 94 valence electrons. The molecule has 4 nitrogen and oxygen atoms in total. The van der Waals surface area contributed by atoms with Crippen molar-refractivity contribution in [3.63, 3.8) is 0 Å². The quantitative estimate of drug-likeness (QED) is 0.714. The van der Waals surface area contributed by atoms with Crippen LogP contribution in [0.15, 0.2) is 18.2 Å². The lowest BCUT2D eigenvalue weighted by molar-refractivity contribution is -0.136. The van der Waals surface area contributed by atoms with Gasteiger partial charge in [0.2, 0.25) is 0 Å². The van der Waals surface area contributed by atoms with Crippen LogP contribution in [0.1, 0.15) is 18.9 Å². The lowest BCUT2D eigenvalue weighted by Gasteiger charge is -2.07. The average molecular weight is 241 g/mol. The summed E-state index contributed by atoms with van der Waals surface area (Å²) in [4.78, 5) is 10.3. The maximum absolute atomic E-state index is 13.4. The predicted octanol–water partition coefficient (Wildman–Crippen LogP) is 1.79. The Labute approximate surface area is 99.4 Å². The fourth-order valence-corrected chi connectivity index (χ4v) is 1.35. The number of rotatable bonds is 7. The van der Waals surface area contributed by atoms with Crippen molar-refractivity contribution in [3.05, 3.63) is 29.6 Å². The van der Waals surface area contributed by atoms with E-state index in [1.165, 1.54) is 6.07 Å². The summed E-state index contributed by atoms with van der Waals surface area (Å²) >= 11 is 0. The van der Waals surface area contributed by atoms with Crippen LogP contribution in [0.3, 0.4) is 0 Å². The van der Waals surface area contributed by atoms with Crippen LogP contribution in [0.5, 0.6) is 5.75 Å². The minimum atomic E-state index is -0.852. The van der Waals surface area contributed by atoms with Gasteiger partial charge in [-0.15, -0.1) is 0 Å². The minimum Gasteiger partial charge on any atom is -0.491 e. The Kier molecular flexibility index (Phi) is 5.42. The molecule has 5 heteroatoms. The molecule has 0 unspecified atom stereocenters. The number of carbonyl (C=O) groups is 1. The first-order valence-electron chi connectivity index (χ1n) is 5.47. The van der Waals surface area contributed by atoms with Crippen molar-refractivity contribution in [3.8, 4) is 5.75 Å². The molecule has 0 heterocycles. The van der Waals surface area contributed by atoms with E-state index < -0.39 is 11.8 Å². The summed E-state index contributed by atoms with van der Waals surface area (Å²) in [6, 6.07) is 4.72. The molecule has 1 aromatic rings. The molecule has 2 N–H and O–H groups in total. The van der Waals surface area contributed by atoms with Gasteiger partial charge < -0.3 is 15.2 Å². The number of nitrogens with one attached hydrogen (secondary N) is 1. The molecule has 17 heavy (non-hydrogen) atoms. The fraction of sp³-hybridized carbons (Fsp3) is 0.417. The summed E-state index contributed by atoms with van der Waals surface area (Å²) in [6.07, 6.45) is 0.0551. The maximum Gasteiger partial charge on any atom is 0.304 e. The average Bonchev–Trinajstić information content (AvgIpc) is 2.28. The molecular formula is C12H16FNO3. The zero-order valence-electron chi connectivity index (χ0n) is 9.70. The zero-order valence-corrected chi connectivity index (χ0v) is 9.70. The van der Waals surface area contributed by atoms with Gasteiger partial charge in [-0.05, 0) is 24.6 Å². The molecule has 0 radical (unpaired) electrons. The number of benzene rings is 1. The maximum atomic E-state index is 13.4. The van der Waals surface area contributed by atoms with E-state index in [0.29, 0.717) is 19.7 Å². The van der Waals surface area contributed by atoms with Crippen LogP contribution in [0, 0.1) is 5.82 Å². The number of aliphatic carboxylic acids is 1. The second-order valence-corrected chi connectivity index (χ2v) is 3.52. The van der Waals surface area contributed by atoms with Gasteiger partial charge in [0.25, 0.3) is 0 Å². The van der Waals surface area contributed by atoms with Crippen molar-refractivity contribution < 1.29 is 19.0 Å². The molecule has 0 aliphatic carbocycles. The summed E-state index contributed by atoms with van der Waals surface area (Å²) in [6.45, 7) is 3.02. The lowest BCUT2D eigenvalue weighted by atomic mass is 10.2. The third-order valence-electron chi connectivity index (χ3n) is 2.14. The third kappa shape index (κ3) is 4.82. The second-order valence-electron chi connectivity index (χ2n) is 3.52. The monoisotopic (exact) mass is 241 g/mol. The van der Waals surface area contributed by atoms with Crippen LogP contribution in [0.2, 0.25) is 0 Å². The van der Waals surface area contributed by atoms with Crippen molar-refractivity contribution in [2.45, 2.75) is 19.9 Å². The van der Waals surface area contributed by atoms with Crippen LogP contribution < -0.4 is 10.1 Å². The van der Waals surface area contributed by atoms with E-state index in [4.69, 9.17) is 9.84 Å². The van der Waals surface area contributed by atoms with Gasteiger partial charge in [0, 0.05) is 13.1 Å². The molecule has 0 saturated heterocycles. The van der Waals surface area contributed by atoms with Crippen LogP contribution in [0.4, 0.5) is 4.39 Å². The fourth-order valence-electron chi connectivity index (χ4n) is 1.35. The van der Waals surface area contributed by atoms with Crippen LogP contribution >= 0.6 is 0 Å². The molecule has 0 fully saturated rings. The number of ether oxygens (including phenoxy) is 1. The highest BCUT2D eigenvalue weighted by Crippen LogP contribution is 2.18. The Morgan fingerprint density at radius 1 is 1.53 bits per heavy atom. The summed E-state index contributed by atoms with van der Waals surface area (Å²) in [5.41, 5.74) is 0.761. The number of hydrogen-bond donors (Lipinski definition) is 2. The Morgan fingerprint density at radius 2 is 2.29 bits per heavy atom. The molecule has 1 rings (SSSR count).